The van der Waals surface area contributed by atoms with Crippen LogP contribution in [0.1, 0.15) is 15.9 Å². The van der Waals surface area contributed by atoms with E-state index in [4.69, 9.17) is 5.11 Å². The zero-order valence-corrected chi connectivity index (χ0v) is 8.72. The molecule has 0 aliphatic carbocycles. The highest BCUT2D eigenvalue weighted by Gasteiger charge is 2.32. The molecular formula is C10H6F3N3O2. The number of carboxylic acid groups (broad SMARTS) is 1. The Bertz CT molecular complexity index is 579. The minimum atomic E-state index is -4.56. The van der Waals surface area contributed by atoms with Gasteiger partial charge in [-0.3, -0.25) is 0 Å². The largest absolute Gasteiger partial charge is 0.478 e. The van der Waals surface area contributed by atoms with Gasteiger partial charge in [-0.05, 0) is 18.2 Å². The Morgan fingerprint density at radius 1 is 1.22 bits per heavy atom. The molecule has 0 saturated heterocycles. The van der Waals surface area contributed by atoms with Crippen molar-refractivity contribution in [3.63, 3.8) is 0 Å². The maximum atomic E-state index is 12.5. The lowest BCUT2D eigenvalue weighted by Gasteiger charge is -2.10. The van der Waals surface area contributed by atoms with Gasteiger partial charge in [-0.15, -0.1) is 0 Å². The van der Waals surface area contributed by atoms with Gasteiger partial charge in [0.05, 0.1) is 23.5 Å². The van der Waals surface area contributed by atoms with Crippen molar-refractivity contribution < 1.29 is 23.1 Å². The van der Waals surface area contributed by atoms with Crippen LogP contribution in [-0.4, -0.2) is 26.1 Å². The minimum absolute atomic E-state index is 0.234. The number of aromatic carboxylic acids is 1. The first-order chi connectivity index (χ1) is 8.39. The second-order valence-electron chi connectivity index (χ2n) is 3.35. The first-order valence-electron chi connectivity index (χ1n) is 4.71. The molecule has 94 valence electrons. The van der Waals surface area contributed by atoms with Crippen LogP contribution in [0.2, 0.25) is 0 Å². The number of alkyl halides is 3. The Morgan fingerprint density at radius 2 is 1.83 bits per heavy atom. The van der Waals surface area contributed by atoms with Crippen molar-refractivity contribution in [3.8, 4) is 5.69 Å². The highest BCUT2D eigenvalue weighted by Crippen LogP contribution is 2.31. The van der Waals surface area contributed by atoms with Crippen molar-refractivity contribution in [1.29, 1.82) is 0 Å². The summed E-state index contributed by atoms with van der Waals surface area (Å²) in [6, 6.07) is 2.28. The van der Waals surface area contributed by atoms with Crippen molar-refractivity contribution in [2.75, 3.05) is 0 Å². The molecule has 8 heteroatoms. The van der Waals surface area contributed by atoms with E-state index in [1.54, 1.807) is 0 Å². The van der Waals surface area contributed by atoms with Crippen molar-refractivity contribution in [3.05, 3.63) is 41.7 Å². The number of nitrogens with zero attached hydrogens (tertiary/aromatic N) is 3. The Kier molecular flexibility index (Phi) is 2.77. The average molecular weight is 257 g/mol. The fraction of sp³-hybridized carbons (Fsp3) is 0.100. The molecule has 0 aliphatic heterocycles. The lowest BCUT2D eigenvalue weighted by atomic mass is 10.1. The van der Waals surface area contributed by atoms with E-state index in [2.05, 4.69) is 10.2 Å². The van der Waals surface area contributed by atoms with Crippen LogP contribution in [0.4, 0.5) is 13.2 Å². The van der Waals surface area contributed by atoms with Crippen molar-refractivity contribution in [2.45, 2.75) is 6.18 Å². The monoisotopic (exact) mass is 257 g/mol. The van der Waals surface area contributed by atoms with Crippen molar-refractivity contribution >= 4 is 5.97 Å². The van der Waals surface area contributed by atoms with Crippen LogP contribution in [0.15, 0.2) is 30.6 Å². The third kappa shape index (κ3) is 2.17. The standard InChI is InChI=1S/C10H6F3N3O2/c11-10(12,13)6-1-2-7(9(17)18)8(5-6)16-14-3-4-15-16/h1-5H,(H,17,18). The van der Waals surface area contributed by atoms with Gasteiger partial charge in [0.15, 0.2) is 0 Å². The van der Waals surface area contributed by atoms with Gasteiger partial charge < -0.3 is 5.11 Å². The van der Waals surface area contributed by atoms with Gasteiger partial charge in [0, 0.05) is 0 Å². The first-order valence-corrected chi connectivity index (χ1v) is 4.71. The lowest BCUT2D eigenvalue weighted by Crippen LogP contribution is -2.12. The molecule has 1 aromatic heterocycles. The van der Waals surface area contributed by atoms with Gasteiger partial charge >= 0.3 is 12.1 Å². The summed E-state index contributed by atoms with van der Waals surface area (Å²) < 4.78 is 37.6. The zero-order valence-electron chi connectivity index (χ0n) is 8.72. The molecular weight excluding hydrogens is 251 g/mol. The Balaban J connectivity index is 2.63. The van der Waals surface area contributed by atoms with E-state index in [1.807, 2.05) is 0 Å². The van der Waals surface area contributed by atoms with E-state index < -0.39 is 17.7 Å². The Labute approximate surface area is 98.5 Å². The quantitative estimate of drug-likeness (QED) is 0.893. The van der Waals surface area contributed by atoms with Gasteiger partial charge in [-0.2, -0.15) is 28.2 Å². The fourth-order valence-electron chi connectivity index (χ4n) is 1.39. The van der Waals surface area contributed by atoms with Crippen LogP contribution < -0.4 is 0 Å². The predicted octanol–water partition coefficient (Wildman–Crippen LogP) is 1.98. The van der Waals surface area contributed by atoms with E-state index in [9.17, 15) is 18.0 Å². The van der Waals surface area contributed by atoms with E-state index in [1.165, 1.54) is 12.4 Å². The number of halogens is 3. The number of carboxylic acids is 1. The van der Waals surface area contributed by atoms with E-state index >= 15 is 0 Å². The number of hydrogen-bond acceptors (Lipinski definition) is 3. The molecule has 0 spiro atoms. The number of benzene rings is 1. The molecule has 2 rings (SSSR count). The molecule has 0 aliphatic rings. The lowest BCUT2D eigenvalue weighted by molar-refractivity contribution is -0.137. The van der Waals surface area contributed by atoms with Gasteiger partial charge in [0.25, 0.3) is 0 Å². The molecule has 1 aromatic carbocycles. The molecule has 5 nitrogen and oxygen atoms in total. The first kappa shape index (κ1) is 12.1. The molecule has 0 unspecified atom stereocenters. The maximum absolute atomic E-state index is 12.5. The van der Waals surface area contributed by atoms with Crippen molar-refractivity contribution in [2.24, 2.45) is 0 Å². The normalized spacial score (nSPS) is 11.5. The van der Waals surface area contributed by atoms with Crippen LogP contribution >= 0.6 is 0 Å². The average Bonchev–Trinajstić information content (AvgIpc) is 2.80. The molecule has 2 aromatic rings. The summed E-state index contributed by atoms with van der Waals surface area (Å²) in [5.74, 6) is -1.35. The summed E-state index contributed by atoms with van der Waals surface area (Å²) in [5, 5.41) is 16.2. The molecule has 1 heterocycles. The second-order valence-corrected chi connectivity index (χ2v) is 3.35. The van der Waals surface area contributed by atoms with Gasteiger partial charge in [-0.1, -0.05) is 0 Å². The summed E-state index contributed by atoms with van der Waals surface area (Å²) in [7, 11) is 0. The number of rotatable bonds is 2. The molecule has 0 radical (unpaired) electrons. The number of hydrogen-bond donors (Lipinski definition) is 1. The molecule has 1 N–H and O–H groups in total. The van der Waals surface area contributed by atoms with E-state index in [0.29, 0.717) is 12.1 Å². The van der Waals surface area contributed by atoms with Crippen LogP contribution in [0.3, 0.4) is 0 Å². The molecule has 18 heavy (non-hydrogen) atoms. The van der Waals surface area contributed by atoms with Crippen LogP contribution in [0.25, 0.3) is 5.69 Å². The molecule has 0 atom stereocenters. The predicted molar refractivity (Wildman–Crippen MR) is 53.3 cm³/mol. The molecule has 0 bridgehead atoms. The molecule has 0 amide bonds. The highest BCUT2D eigenvalue weighted by molar-refractivity contribution is 5.91. The number of carbonyl (C=O) groups is 1. The van der Waals surface area contributed by atoms with Crippen molar-refractivity contribution in [1.82, 2.24) is 15.0 Å². The van der Waals surface area contributed by atoms with Gasteiger partial charge in [-0.25, -0.2) is 4.79 Å². The van der Waals surface area contributed by atoms with E-state index in [0.717, 1.165) is 10.9 Å². The van der Waals surface area contributed by atoms with Crippen LogP contribution in [0, 0.1) is 0 Å². The smallest absolute Gasteiger partial charge is 0.416 e. The fourth-order valence-corrected chi connectivity index (χ4v) is 1.39. The number of aromatic nitrogens is 3. The van der Waals surface area contributed by atoms with Gasteiger partial charge in [0.2, 0.25) is 0 Å². The van der Waals surface area contributed by atoms with Crippen LogP contribution in [-0.2, 0) is 6.18 Å². The molecule has 0 saturated carbocycles. The SMILES string of the molecule is O=C(O)c1ccc(C(F)(F)F)cc1-n1nccn1. The third-order valence-electron chi connectivity index (χ3n) is 2.19. The summed E-state index contributed by atoms with van der Waals surface area (Å²) in [5.41, 5.74) is -1.50. The zero-order chi connectivity index (χ0) is 13.3. The van der Waals surface area contributed by atoms with Crippen LogP contribution in [0.5, 0.6) is 0 Å². The van der Waals surface area contributed by atoms with Gasteiger partial charge in [0.1, 0.15) is 5.69 Å². The minimum Gasteiger partial charge on any atom is -0.478 e. The summed E-state index contributed by atoms with van der Waals surface area (Å²) in [6.07, 6.45) is -2.07. The van der Waals surface area contributed by atoms with E-state index in [-0.39, 0.29) is 11.3 Å². The second kappa shape index (κ2) is 4.13. The Hall–Kier alpha value is -2.38. The highest BCUT2D eigenvalue weighted by atomic mass is 19.4. The molecule has 0 fully saturated rings. The topological polar surface area (TPSA) is 68.0 Å². The Morgan fingerprint density at radius 3 is 2.33 bits per heavy atom. The third-order valence-corrected chi connectivity index (χ3v) is 2.19. The summed E-state index contributed by atoms with van der Waals surface area (Å²) >= 11 is 0. The summed E-state index contributed by atoms with van der Waals surface area (Å²) in [6.45, 7) is 0. The summed E-state index contributed by atoms with van der Waals surface area (Å²) in [4.78, 5) is 11.8. The maximum Gasteiger partial charge on any atom is 0.416 e.